The molecule has 0 bridgehead atoms. The first kappa shape index (κ1) is 21.1. The normalized spacial score (nSPS) is 12.7. The maximum absolute atomic E-state index is 14.0. The van der Waals surface area contributed by atoms with Gasteiger partial charge in [0.1, 0.15) is 22.7 Å². The summed E-state index contributed by atoms with van der Waals surface area (Å²) in [7, 11) is 1.79. The largest absolute Gasteiger partial charge is 0.458 e. The molecule has 3 aromatic carbocycles. The van der Waals surface area contributed by atoms with Crippen LogP contribution in [0.3, 0.4) is 0 Å². The number of hydrogen-bond donors (Lipinski definition) is 1. The first-order valence-electron chi connectivity index (χ1n) is 10.5. The third-order valence-corrected chi connectivity index (χ3v) is 5.96. The van der Waals surface area contributed by atoms with Crippen LogP contribution in [0.2, 0.25) is 0 Å². The minimum atomic E-state index is -1.25. The zero-order valence-corrected chi connectivity index (χ0v) is 18.2. The number of aromatic nitrogens is 2. The lowest BCUT2D eigenvalue weighted by atomic mass is 9.84. The molecule has 5 aromatic rings. The van der Waals surface area contributed by atoms with Crippen molar-refractivity contribution in [3.05, 3.63) is 113 Å². The van der Waals surface area contributed by atoms with E-state index < -0.39 is 5.54 Å². The first-order valence-corrected chi connectivity index (χ1v) is 10.5. The summed E-state index contributed by atoms with van der Waals surface area (Å²) in [5, 5.41) is 23.7. The monoisotopic (exact) mass is 447 g/mol. The highest BCUT2D eigenvalue weighted by Gasteiger charge is 2.38. The van der Waals surface area contributed by atoms with Crippen LogP contribution >= 0.6 is 0 Å². The third-order valence-electron chi connectivity index (χ3n) is 5.96. The quantitative estimate of drug-likeness (QED) is 0.419. The van der Waals surface area contributed by atoms with Crippen LogP contribution in [-0.2, 0) is 12.6 Å². The van der Waals surface area contributed by atoms with E-state index in [2.05, 4.69) is 17.2 Å². The molecule has 0 spiro atoms. The van der Waals surface area contributed by atoms with Gasteiger partial charge in [-0.15, -0.1) is 0 Å². The van der Waals surface area contributed by atoms with E-state index in [9.17, 15) is 14.9 Å². The molecule has 6 nitrogen and oxygen atoms in total. The van der Waals surface area contributed by atoms with E-state index in [-0.39, 0.29) is 5.82 Å². The Morgan fingerprint density at radius 2 is 1.74 bits per heavy atom. The number of nitrogens with two attached hydrogens (primary N) is 1. The molecule has 0 aliphatic rings. The smallest absolute Gasteiger partial charge is 0.142 e. The van der Waals surface area contributed by atoms with Crippen molar-refractivity contribution >= 4 is 11.0 Å². The zero-order chi connectivity index (χ0) is 23.9. The molecule has 0 saturated carbocycles. The van der Waals surface area contributed by atoms with Crippen molar-refractivity contribution in [2.75, 3.05) is 0 Å². The first-order chi connectivity index (χ1) is 16.4. The SMILES string of the molecule is Cn1nccc1[C@@](N)(c1ccc(C#N)cc1)c1cc2cc(C#N)cc(-c3cccc(F)c3)c2o1. The van der Waals surface area contributed by atoms with Crippen molar-refractivity contribution in [2.24, 2.45) is 12.8 Å². The summed E-state index contributed by atoms with van der Waals surface area (Å²) in [6.45, 7) is 0. The molecule has 34 heavy (non-hydrogen) atoms. The van der Waals surface area contributed by atoms with E-state index in [4.69, 9.17) is 10.2 Å². The van der Waals surface area contributed by atoms with E-state index in [0.717, 1.165) is 0 Å². The summed E-state index contributed by atoms with van der Waals surface area (Å²) < 4.78 is 22.0. The third kappa shape index (κ3) is 3.32. The number of furan rings is 1. The molecule has 0 saturated heterocycles. The second kappa shape index (κ2) is 8.00. The van der Waals surface area contributed by atoms with Crippen LogP contribution in [0, 0.1) is 28.5 Å². The van der Waals surface area contributed by atoms with Gasteiger partial charge in [0.05, 0.1) is 29.0 Å². The van der Waals surface area contributed by atoms with Crippen LogP contribution in [0.25, 0.3) is 22.1 Å². The van der Waals surface area contributed by atoms with E-state index in [1.54, 1.807) is 78.6 Å². The van der Waals surface area contributed by atoms with Gasteiger partial charge in [-0.3, -0.25) is 4.68 Å². The summed E-state index contributed by atoms with van der Waals surface area (Å²) in [4.78, 5) is 0. The fraction of sp³-hybridized carbons (Fsp3) is 0.0741. The topological polar surface area (TPSA) is 105 Å². The standard InChI is InChI=1S/C27H18FN5O/c1-33-24(9-10-32-33)27(31,21-7-5-17(15-29)6-8-21)25-14-20-11-18(16-30)12-23(26(20)34-25)19-3-2-4-22(28)13-19/h2-14H,31H2,1H3/t27-/m0/s1. The number of nitrogens with zero attached hydrogens (tertiary/aromatic N) is 4. The predicted molar refractivity (Wildman–Crippen MR) is 125 cm³/mol. The highest BCUT2D eigenvalue weighted by atomic mass is 19.1. The van der Waals surface area contributed by atoms with Crippen molar-refractivity contribution in [3.63, 3.8) is 0 Å². The average Bonchev–Trinajstić information content (AvgIpc) is 3.49. The summed E-state index contributed by atoms with van der Waals surface area (Å²) in [6, 6.07) is 24.4. The average molecular weight is 447 g/mol. The van der Waals surface area contributed by atoms with E-state index >= 15 is 0 Å². The number of nitriles is 2. The molecule has 0 fully saturated rings. The van der Waals surface area contributed by atoms with E-state index in [0.29, 0.717) is 50.2 Å². The molecule has 164 valence electrons. The lowest BCUT2D eigenvalue weighted by Crippen LogP contribution is -2.40. The highest BCUT2D eigenvalue weighted by molar-refractivity contribution is 5.94. The second-order valence-corrected chi connectivity index (χ2v) is 8.01. The van der Waals surface area contributed by atoms with Gasteiger partial charge in [-0.1, -0.05) is 24.3 Å². The van der Waals surface area contributed by atoms with Crippen LogP contribution in [0.5, 0.6) is 0 Å². The lowest BCUT2D eigenvalue weighted by molar-refractivity contribution is 0.439. The van der Waals surface area contributed by atoms with Crippen LogP contribution in [-0.4, -0.2) is 9.78 Å². The zero-order valence-electron chi connectivity index (χ0n) is 18.2. The molecule has 1 atom stereocenters. The van der Waals surface area contributed by atoms with Gasteiger partial charge in [-0.05, 0) is 59.7 Å². The maximum atomic E-state index is 14.0. The Balaban J connectivity index is 1.80. The number of halogens is 1. The van der Waals surface area contributed by atoms with Crippen LogP contribution < -0.4 is 5.73 Å². The van der Waals surface area contributed by atoms with E-state index in [1.165, 1.54) is 12.1 Å². The highest BCUT2D eigenvalue weighted by Crippen LogP contribution is 2.40. The molecule has 2 N–H and O–H groups in total. The molecule has 0 radical (unpaired) electrons. The van der Waals surface area contributed by atoms with Crippen LogP contribution in [0.1, 0.15) is 28.1 Å². The Labute approximate surface area is 194 Å². The fourth-order valence-corrected chi connectivity index (χ4v) is 4.27. The van der Waals surface area contributed by atoms with Gasteiger partial charge in [0.25, 0.3) is 0 Å². The van der Waals surface area contributed by atoms with Gasteiger partial charge in [-0.2, -0.15) is 15.6 Å². The molecule has 2 heterocycles. The van der Waals surface area contributed by atoms with Crippen LogP contribution in [0.15, 0.2) is 83.4 Å². The predicted octanol–water partition coefficient (Wildman–Crippen LogP) is 4.97. The molecule has 0 aliphatic heterocycles. The van der Waals surface area contributed by atoms with Crippen molar-refractivity contribution < 1.29 is 8.81 Å². The lowest BCUT2D eigenvalue weighted by Gasteiger charge is -2.28. The summed E-state index contributed by atoms with van der Waals surface area (Å²) in [6.07, 6.45) is 1.65. The summed E-state index contributed by atoms with van der Waals surface area (Å²) in [5.41, 5.74) is 9.80. The van der Waals surface area contributed by atoms with Crippen LogP contribution in [0.4, 0.5) is 4.39 Å². The van der Waals surface area contributed by atoms with Gasteiger partial charge in [0, 0.05) is 24.2 Å². The Morgan fingerprint density at radius 1 is 0.971 bits per heavy atom. The van der Waals surface area contributed by atoms with Gasteiger partial charge in [0.15, 0.2) is 0 Å². The summed E-state index contributed by atoms with van der Waals surface area (Å²) in [5.74, 6) is 0.0315. The fourth-order valence-electron chi connectivity index (χ4n) is 4.27. The van der Waals surface area contributed by atoms with Gasteiger partial charge >= 0.3 is 0 Å². The number of aryl methyl sites for hydroxylation is 1. The van der Waals surface area contributed by atoms with Gasteiger partial charge in [0.2, 0.25) is 0 Å². The van der Waals surface area contributed by atoms with E-state index in [1.807, 2.05) is 0 Å². The van der Waals surface area contributed by atoms with Crippen molar-refractivity contribution in [2.45, 2.75) is 5.54 Å². The number of benzene rings is 3. The maximum Gasteiger partial charge on any atom is 0.142 e. The van der Waals surface area contributed by atoms with Crippen molar-refractivity contribution in [1.82, 2.24) is 9.78 Å². The Kier molecular flexibility index (Phi) is 4.98. The minimum absolute atomic E-state index is 0.388. The number of fused-ring (bicyclic) bond motifs is 1. The Morgan fingerprint density at radius 3 is 2.38 bits per heavy atom. The number of rotatable bonds is 4. The Bertz CT molecular complexity index is 1620. The molecule has 0 unspecified atom stereocenters. The molecular formula is C27H18FN5O. The Hall–Kier alpha value is -4.72. The molecule has 0 aliphatic carbocycles. The van der Waals surface area contributed by atoms with Crippen molar-refractivity contribution in [3.8, 4) is 23.3 Å². The molecular weight excluding hydrogens is 429 g/mol. The molecule has 2 aromatic heterocycles. The van der Waals surface area contributed by atoms with Gasteiger partial charge < -0.3 is 10.2 Å². The van der Waals surface area contributed by atoms with Crippen molar-refractivity contribution in [1.29, 1.82) is 10.5 Å². The molecule has 7 heteroatoms. The second-order valence-electron chi connectivity index (χ2n) is 8.01. The van der Waals surface area contributed by atoms with Gasteiger partial charge in [-0.25, -0.2) is 4.39 Å². The summed E-state index contributed by atoms with van der Waals surface area (Å²) >= 11 is 0. The molecule has 5 rings (SSSR count). The molecule has 0 amide bonds. The number of hydrogen-bond acceptors (Lipinski definition) is 5. The minimum Gasteiger partial charge on any atom is -0.458 e.